The number of aromatic nitrogens is 1. The summed E-state index contributed by atoms with van der Waals surface area (Å²) in [5.74, 6) is 1.82. The van der Waals surface area contributed by atoms with Crippen LogP contribution in [0.15, 0.2) is 65.3 Å². The van der Waals surface area contributed by atoms with Gasteiger partial charge in [0.2, 0.25) is 0 Å². The summed E-state index contributed by atoms with van der Waals surface area (Å²) in [4.78, 5) is 9.01. The van der Waals surface area contributed by atoms with Crippen LogP contribution < -0.4 is 0 Å². The highest BCUT2D eigenvalue weighted by Crippen LogP contribution is 2.29. The monoisotopic (exact) mass is 367 g/mol. The summed E-state index contributed by atoms with van der Waals surface area (Å²) in [6.07, 6.45) is 3.72. The summed E-state index contributed by atoms with van der Waals surface area (Å²) in [5.41, 5.74) is 2.27. The van der Waals surface area contributed by atoms with Gasteiger partial charge in [0, 0.05) is 50.7 Å². The van der Waals surface area contributed by atoms with Crippen molar-refractivity contribution in [2.75, 3.05) is 26.2 Å². The van der Waals surface area contributed by atoms with Crippen molar-refractivity contribution in [3.63, 3.8) is 0 Å². The third-order valence-corrected chi connectivity index (χ3v) is 5.13. The maximum absolute atomic E-state index is 6.26. The standard InChI is InChI=1S/C21H22ClN3O/c22-20-4-2-1-3-19(20)21-6-5-18(26-21)16-25-13-11-24(12-14-25)15-17-7-9-23-10-8-17/h1-10H,11-16H2. The van der Waals surface area contributed by atoms with Crippen molar-refractivity contribution in [2.45, 2.75) is 13.1 Å². The molecule has 0 radical (unpaired) electrons. The molecule has 2 aromatic heterocycles. The van der Waals surface area contributed by atoms with Crippen LogP contribution in [0, 0.1) is 0 Å². The second-order valence-electron chi connectivity index (χ2n) is 6.65. The molecule has 134 valence electrons. The van der Waals surface area contributed by atoms with Crippen molar-refractivity contribution < 1.29 is 4.42 Å². The molecule has 3 heterocycles. The Morgan fingerprint density at radius 2 is 1.54 bits per heavy atom. The summed E-state index contributed by atoms with van der Waals surface area (Å²) < 4.78 is 6.03. The second kappa shape index (κ2) is 8.04. The van der Waals surface area contributed by atoms with Gasteiger partial charge in [-0.15, -0.1) is 0 Å². The summed E-state index contributed by atoms with van der Waals surface area (Å²) in [6.45, 7) is 6.07. The fourth-order valence-electron chi connectivity index (χ4n) is 3.34. The van der Waals surface area contributed by atoms with Gasteiger partial charge in [-0.1, -0.05) is 23.7 Å². The fourth-order valence-corrected chi connectivity index (χ4v) is 3.57. The van der Waals surface area contributed by atoms with Gasteiger partial charge in [0.15, 0.2) is 0 Å². The van der Waals surface area contributed by atoms with Crippen LogP contribution in [0.25, 0.3) is 11.3 Å². The molecule has 1 saturated heterocycles. The van der Waals surface area contributed by atoms with Crippen molar-refractivity contribution in [2.24, 2.45) is 0 Å². The minimum absolute atomic E-state index is 0.720. The minimum atomic E-state index is 0.720. The molecule has 1 aliphatic rings. The first kappa shape index (κ1) is 17.3. The molecule has 1 aliphatic heterocycles. The number of hydrogen-bond acceptors (Lipinski definition) is 4. The molecule has 1 aromatic carbocycles. The Balaban J connectivity index is 1.32. The highest BCUT2D eigenvalue weighted by Gasteiger charge is 2.18. The van der Waals surface area contributed by atoms with Gasteiger partial charge in [-0.3, -0.25) is 14.8 Å². The average Bonchev–Trinajstić information content (AvgIpc) is 3.13. The summed E-state index contributed by atoms with van der Waals surface area (Å²) in [6, 6.07) is 16.0. The molecular weight excluding hydrogens is 346 g/mol. The number of piperazine rings is 1. The van der Waals surface area contributed by atoms with Gasteiger partial charge in [-0.05, 0) is 42.0 Å². The Labute approximate surface area is 159 Å². The molecule has 0 spiro atoms. The van der Waals surface area contributed by atoms with E-state index in [1.807, 2.05) is 42.7 Å². The molecule has 0 bridgehead atoms. The minimum Gasteiger partial charge on any atom is -0.460 e. The van der Waals surface area contributed by atoms with Gasteiger partial charge in [0.05, 0.1) is 11.6 Å². The first-order valence-electron chi connectivity index (χ1n) is 8.95. The average molecular weight is 368 g/mol. The molecular formula is C21H22ClN3O. The third kappa shape index (κ3) is 4.15. The Hall–Kier alpha value is -2.14. The first-order chi connectivity index (χ1) is 12.8. The van der Waals surface area contributed by atoms with E-state index in [4.69, 9.17) is 16.0 Å². The van der Waals surface area contributed by atoms with Gasteiger partial charge in [-0.2, -0.15) is 0 Å². The molecule has 0 N–H and O–H groups in total. The van der Waals surface area contributed by atoms with E-state index in [2.05, 4.69) is 33.0 Å². The van der Waals surface area contributed by atoms with Crippen LogP contribution in [-0.2, 0) is 13.1 Å². The van der Waals surface area contributed by atoms with Gasteiger partial charge in [0.1, 0.15) is 11.5 Å². The smallest absolute Gasteiger partial charge is 0.135 e. The fraction of sp³-hybridized carbons (Fsp3) is 0.286. The van der Waals surface area contributed by atoms with Gasteiger partial charge in [-0.25, -0.2) is 0 Å². The lowest BCUT2D eigenvalue weighted by molar-refractivity contribution is 0.116. The van der Waals surface area contributed by atoms with Gasteiger partial charge < -0.3 is 4.42 Å². The number of halogens is 1. The molecule has 0 aliphatic carbocycles. The lowest BCUT2D eigenvalue weighted by atomic mass is 10.2. The van der Waals surface area contributed by atoms with Crippen molar-refractivity contribution in [1.82, 2.24) is 14.8 Å². The molecule has 4 nitrogen and oxygen atoms in total. The predicted molar refractivity (Wildman–Crippen MR) is 104 cm³/mol. The molecule has 0 atom stereocenters. The second-order valence-corrected chi connectivity index (χ2v) is 7.06. The zero-order valence-electron chi connectivity index (χ0n) is 14.6. The number of benzene rings is 1. The maximum Gasteiger partial charge on any atom is 0.135 e. The van der Waals surface area contributed by atoms with Crippen LogP contribution in [0.1, 0.15) is 11.3 Å². The molecule has 4 rings (SSSR count). The Morgan fingerprint density at radius 1 is 0.846 bits per heavy atom. The summed E-state index contributed by atoms with van der Waals surface area (Å²) in [5, 5.41) is 0.720. The molecule has 0 amide bonds. The number of hydrogen-bond donors (Lipinski definition) is 0. The number of nitrogens with zero attached hydrogens (tertiary/aromatic N) is 3. The SMILES string of the molecule is Clc1ccccc1-c1ccc(CN2CCN(Cc3ccncc3)CC2)o1. The van der Waals surface area contributed by atoms with Crippen LogP contribution in [0.3, 0.4) is 0 Å². The molecule has 0 unspecified atom stereocenters. The highest BCUT2D eigenvalue weighted by atomic mass is 35.5. The molecule has 3 aromatic rings. The van der Waals surface area contributed by atoms with E-state index >= 15 is 0 Å². The zero-order chi connectivity index (χ0) is 17.8. The van der Waals surface area contributed by atoms with Crippen LogP contribution in [0.5, 0.6) is 0 Å². The third-order valence-electron chi connectivity index (χ3n) is 4.80. The van der Waals surface area contributed by atoms with E-state index in [1.165, 1.54) is 5.56 Å². The first-order valence-corrected chi connectivity index (χ1v) is 9.33. The molecule has 5 heteroatoms. The molecule has 1 fully saturated rings. The van der Waals surface area contributed by atoms with E-state index < -0.39 is 0 Å². The lowest BCUT2D eigenvalue weighted by Crippen LogP contribution is -2.45. The van der Waals surface area contributed by atoms with Crippen molar-refractivity contribution in [3.05, 3.63) is 77.3 Å². The van der Waals surface area contributed by atoms with E-state index in [-0.39, 0.29) is 0 Å². The van der Waals surface area contributed by atoms with E-state index in [9.17, 15) is 0 Å². The molecule has 26 heavy (non-hydrogen) atoms. The zero-order valence-corrected chi connectivity index (χ0v) is 15.4. The van der Waals surface area contributed by atoms with Crippen molar-refractivity contribution in [1.29, 1.82) is 0 Å². The largest absolute Gasteiger partial charge is 0.460 e. The predicted octanol–water partition coefficient (Wildman–Crippen LogP) is 4.31. The summed E-state index contributed by atoms with van der Waals surface area (Å²) >= 11 is 6.26. The maximum atomic E-state index is 6.26. The number of pyridine rings is 1. The van der Waals surface area contributed by atoms with Crippen LogP contribution in [0.2, 0.25) is 5.02 Å². The van der Waals surface area contributed by atoms with Gasteiger partial charge in [0.25, 0.3) is 0 Å². The lowest BCUT2D eigenvalue weighted by Gasteiger charge is -2.34. The van der Waals surface area contributed by atoms with E-state index in [0.29, 0.717) is 0 Å². The van der Waals surface area contributed by atoms with Crippen LogP contribution in [-0.4, -0.2) is 41.0 Å². The topological polar surface area (TPSA) is 32.5 Å². The Bertz CT molecular complexity index is 841. The van der Waals surface area contributed by atoms with Crippen LogP contribution >= 0.6 is 11.6 Å². The Kier molecular flexibility index (Phi) is 5.34. The van der Waals surface area contributed by atoms with Gasteiger partial charge >= 0.3 is 0 Å². The van der Waals surface area contributed by atoms with Crippen molar-refractivity contribution in [3.8, 4) is 11.3 Å². The number of rotatable bonds is 5. The summed E-state index contributed by atoms with van der Waals surface area (Å²) in [7, 11) is 0. The normalized spacial score (nSPS) is 16.0. The molecule has 0 saturated carbocycles. The highest BCUT2D eigenvalue weighted by molar-refractivity contribution is 6.33. The quantitative estimate of drug-likeness (QED) is 0.672. The van der Waals surface area contributed by atoms with E-state index in [0.717, 1.165) is 61.4 Å². The Morgan fingerprint density at radius 3 is 2.27 bits per heavy atom. The van der Waals surface area contributed by atoms with Crippen LogP contribution in [0.4, 0.5) is 0 Å². The van der Waals surface area contributed by atoms with E-state index in [1.54, 1.807) is 0 Å². The number of furan rings is 1. The van der Waals surface area contributed by atoms with Crippen molar-refractivity contribution >= 4 is 11.6 Å².